The van der Waals surface area contributed by atoms with Gasteiger partial charge in [-0.05, 0) is 48.2 Å². The lowest BCUT2D eigenvalue weighted by Gasteiger charge is -2.11. The Morgan fingerprint density at radius 2 is 1.92 bits per heavy atom. The highest BCUT2D eigenvalue weighted by Gasteiger charge is 2.17. The first-order valence-electron chi connectivity index (χ1n) is 8.24. The molecule has 0 unspecified atom stereocenters. The Kier molecular flexibility index (Phi) is 5.20. The van der Waals surface area contributed by atoms with E-state index in [0.717, 1.165) is 30.6 Å². The van der Waals surface area contributed by atoms with E-state index in [2.05, 4.69) is 5.32 Å². The Balaban J connectivity index is 1.73. The first-order valence-corrected chi connectivity index (χ1v) is 10.1. The van der Waals surface area contributed by atoms with Gasteiger partial charge in [0.1, 0.15) is 0 Å². The summed E-state index contributed by atoms with van der Waals surface area (Å²) in [7, 11) is -3.21. The lowest BCUT2D eigenvalue weighted by molar-refractivity contribution is 0.0858. The van der Waals surface area contributed by atoms with E-state index < -0.39 is 9.84 Å². The van der Waals surface area contributed by atoms with E-state index >= 15 is 0 Å². The summed E-state index contributed by atoms with van der Waals surface area (Å²) in [5.41, 5.74) is 2.30. The van der Waals surface area contributed by atoms with Gasteiger partial charge in [0.15, 0.2) is 9.84 Å². The van der Waals surface area contributed by atoms with Crippen LogP contribution in [0, 0.1) is 0 Å². The van der Waals surface area contributed by atoms with E-state index in [1.54, 1.807) is 36.4 Å². The Bertz CT molecular complexity index is 853. The van der Waals surface area contributed by atoms with Crippen molar-refractivity contribution in [3.05, 3.63) is 54.1 Å². The van der Waals surface area contributed by atoms with Gasteiger partial charge < -0.3 is 10.1 Å². The lowest BCUT2D eigenvalue weighted by atomic mass is 10.0. The van der Waals surface area contributed by atoms with Gasteiger partial charge >= 0.3 is 0 Å². The highest BCUT2D eigenvalue weighted by molar-refractivity contribution is 7.90. The summed E-state index contributed by atoms with van der Waals surface area (Å²) in [6.07, 6.45) is 3.31. The number of sulfone groups is 1. The second-order valence-corrected chi connectivity index (χ2v) is 8.24. The van der Waals surface area contributed by atoms with Crippen LogP contribution in [-0.4, -0.2) is 39.8 Å². The Morgan fingerprint density at radius 3 is 2.56 bits per heavy atom. The van der Waals surface area contributed by atoms with Crippen LogP contribution in [0.3, 0.4) is 0 Å². The Hall–Kier alpha value is -2.18. The molecular formula is C19H21NO4S. The first-order chi connectivity index (χ1) is 11.9. The van der Waals surface area contributed by atoms with Gasteiger partial charge in [-0.3, -0.25) is 4.79 Å². The van der Waals surface area contributed by atoms with Crippen molar-refractivity contribution in [3.63, 3.8) is 0 Å². The fourth-order valence-electron chi connectivity index (χ4n) is 2.85. The fraction of sp³-hybridized carbons (Fsp3) is 0.316. The minimum atomic E-state index is -3.21. The van der Waals surface area contributed by atoms with E-state index in [0.29, 0.717) is 12.1 Å². The molecule has 1 fully saturated rings. The summed E-state index contributed by atoms with van der Waals surface area (Å²) in [5, 5.41) is 2.91. The second-order valence-electron chi connectivity index (χ2n) is 6.22. The quantitative estimate of drug-likeness (QED) is 0.891. The molecule has 1 saturated heterocycles. The van der Waals surface area contributed by atoms with E-state index in [1.165, 1.54) is 6.26 Å². The number of carbonyl (C=O) groups is 1. The molecule has 0 saturated carbocycles. The molecule has 1 amide bonds. The van der Waals surface area contributed by atoms with Crippen molar-refractivity contribution in [2.45, 2.75) is 23.8 Å². The van der Waals surface area contributed by atoms with Crippen molar-refractivity contribution in [2.75, 3.05) is 19.4 Å². The number of hydrogen-bond donors (Lipinski definition) is 1. The van der Waals surface area contributed by atoms with Gasteiger partial charge in [-0.1, -0.05) is 24.3 Å². The van der Waals surface area contributed by atoms with Crippen molar-refractivity contribution in [2.24, 2.45) is 0 Å². The third-order valence-corrected chi connectivity index (χ3v) is 5.38. The second kappa shape index (κ2) is 7.37. The van der Waals surface area contributed by atoms with Gasteiger partial charge in [0.05, 0.1) is 11.0 Å². The highest BCUT2D eigenvalue weighted by atomic mass is 32.2. The van der Waals surface area contributed by atoms with E-state index in [9.17, 15) is 13.2 Å². The van der Waals surface area contributed by atoms with Gasteiger partial charge in [0.25, 0.3) is 5.91 Å². The van der Waals surface area contributed by atoms with Gasteiger partial charge in [0, 0.05) is 25.0 Å². The zero-order valence-corrected chi connectivity index (χ0v) is 14.9. The van der Waals surface area contributed by atoms with E-state index in [4.69, 9.17) is 4.74 Å². The summed E-state index contributed by atoms with van der Waals surface area (Å²) in [4.78, 5) is 12.6. The van der Waals surface area contributed by atoms with Crippen LogP contribution in [0.2, 0.25) is 0 Å². The van der Waals surface area contributed by atoms with Gasteiger partial charge in [0.2, 0.25) is 0 Å². The van der Waals surface area contributed by atoms with Crippen LogP contribution in [0.15, 0.2) is 53.4 Å². The largest absolute Gasteiger partial charge is 0.376 e. The predicted molar refractivity (Wildman–Crippen MR) is 96.3 cm³/mol. The lowest BCUT2D eigenvalue weighted by Crippen LogP contribution is -2.31. The molecule has 1 N–H and O–H groups in total. The first kappa shape index (κ1) is 17.6. The molecule has 0 aliphatic carbocycles. The molecule has 0 radical (unpaired) electrons. The summed E-state index contributed by atoms with van der Waals surface area (Å²) in [5.74, 6) is -0.134. The van der Waals surface area contributed by atoms with Crippen molar-refractivity contribution in [3.8, 4) is 11.1 Å². The molecular weight excluding hydrogens is 338 g/mol. The minimum absolute atomic E-state index is 0.107. The standard InChI is InChI=1S/C19H21NO4S/c1-25(22,23)18-9-7-14(8-10-18)15-4-2-5-16(12-15)19(21)20-13-17-6-3-11-24-17/h2,4-5,7-10,12,17H,3,6,11,13H2,1H3,(H,20,21)/t17-/m1/s1. The van der Waals surface area contributed by atoms with E-state index in [1.807, 2.05) is 12.1 Å². The molecule has 2 aromatic carbocycles. The van der Waals surface area contributed by atoms with Crippen molar-refractivity contribution in [1.29, 1.82) is 0 Å². The zero-order chi connectivity index (χ0) is 17.9. The number of nitrogens with one attached hydrogen (secondary N) is 1. The monoisotopic (exact) mass is 359 g/mol. The van der Waals surface area contributed by atoms with Gasteiger partial charge in [-0.15, -0.1) is 0 Å². The molecule has 1 aliphatic rings. The van der Waals surface area contributed by atoms with Crippen LogP contribution in [0.25, 0.3) is 11.1 Å². The molecule has 25 heavy (non-hydrogen) atoms. The fourth-order valence-corrected chi connectivity index (χ4v) is 3.48. The SMILES string of the molecule is CS(=O)(=O)c1ccc(-c2cccc(C(=O)NC[C@H]3CCCO3)c2)cc1. The van der Waals surface area contributed by atoms with Crippen LogP contribution >= 0.6 is 0 Å². The molecule has 1 aliphatic heterocycles. The van der Waals surface area contributed by atoms with Crippen LogP contribution in [0.1, 0.15) is 23.2 Å². The number of carbonyl (C=O) groups excluding carboxylic acids is 1. The summed E-state index contributed by atoms with van der Waals surface area (Å²) >= 11 is 0. The molecule has 0 bridgehead atoms. The number of benzene rings is 2. The van der Waals surface area contributed by atoms with Crippen molar-refractivity contribution in [1.82, 2.24) is 5.32 Å². The van der Waals surface area contributed by atoms with Crippen LogP contribution < -0.4 is 5.32 Å². The van der Waals surface area contributed by atoms with Gasteiger partial charge in [-0.2, -0.15) is 0 Å². The summed E-state index contributed by atoms with van der Waals surface area (Å²) < 4.78 is 28.6. The molecule has 5 nitrogen and oxygen atoms in total. The topological polar surface area (TPSA) is 72.5 Å². The molecule has 3 rings (SSSR count). The Morgan fingerprint density at radius 1 is 1.16 bits per heavy atom. The van der Waals surface area contributed by atoms with Crippen LogP contribution in [0.4, 0.5) is 0 Å². The smallest absolute Gasteiger partial charge is 0.251 e. The average Bonchev–Trinajstić information content (AvgIpc) is 3.13. The van der Waals surface area contributed by atoms with Crippen molar-refractivity contribution < 1.29 is 17.9 Å². The van der Waals surface area contributed by atoms with Gasteiger partial charge in [-0.25, -0.2) is 8.42 Å². The third-order valence-electron chi connectivity index (χ3n) is 4.25. The maximum absolute atomic E-state index is 12.3. The van der Waals surface area contributed by atoms with E-state index in [-0.39, 0.29) is 16.9 Å². The highest BCUT2D eigenvalue weighted by Crippen LogP contribution is 2.22. The predicted octanol–water partition coefficient (Wildman–Crippen LogP) is 2.67. The maximum atomic E-state index is 12.3. The average molecular weight is 359 g/mol. The number of ether oxygens (including phenoxy) is 1. The molecule has 132 valence electrons. The zero-order valence-electron chi connectivity index (χ0n) is 14.1. The molecule has 0 spiro atoms. The Labute approximate surface area is 147 Å². The summed E-state index contributed by atoms with van der Waals surface area (Å²) in [6, 6.07) is 13.9. The van der Waals surface area contributed by atoms with Crippen molar-refractivity contribution >= 4 is 15.7 Å². The molecule has 2 aromatic rings. The molecule has 1 heterocycles. The van der Waals surface area contributed by atoms with Crippen LogP contribution in [0.5, 0.6) is 0 Å². The minimum Gasteiger partial charge on any atom is -0.376 e. The number of rotatable bonds is 5. The van der Waals surface area contributed by atoms with Crippen LogP contribution in [-0.2, 0) is 14.6 Å². The number of amides is 1. The summed E-state index contributed by atoms with van der Waals surface area (Å²) in [6.45, 7) is 1.28. The maximum Gasteiger partial charge on any atom is 0.251 e. The molecule has 0 aromatic heterocycles. The molecule has 1 atom stereocenters. The third kappa shape index (κ3) is 4.46. The normalized spacial score (nSPS) is 17.4. The number of hydrogen-bond acceptors (Lipinski definition) is 4. The molecule has 6 heteroatoms.